The average molecular weight is 288 g/mol. The largest absolute Gasteiger partial charge is 0.315 e. The Balaban J connectivity index is 1.97. The average Bonchev–Trinajstić information content (AvgIpc) is 3.26. The number of nitrogens with one attached hydrogen (secondary N) is 1. The minimum atomic E-state index is 0.109. The Hall–Kier alpha value is -3.05. The molecule has 5 heteroatoms. The van der Waals surface area contributed by atoms with Crippen LogP contribution in [-0.2, 0) is 0 Å². The van der Waals surface area contributed by atoms with Crippen molar-refractivity contribution >= 4 is 17.3 Å². The minimum Gasteiger partial charge on any atom is -0.315 e. The Morgan fingerprint density at radius 1 is 0.773 bits per heavy atom. The van der Waals surface area contributed by atoms with E-state index in [1.165, 1.54) is 0 Å². The molecule has 0 saturated heterocycles. The van der Waals surface area contributed by atoms with Crippen LogP contribution in [0.4, 0.5) is 11.5 Å². The molecular weight excluding hydrogens is 274 g/mol. The molecule has 0 aliphatic carbocycles. The molecule has 0 fully saturated rings. The van der Waals surface area contributed by atoms with Crippen LogP contribution in [0.15, 0.2) is 94.5 Å². The van der Waals surface area contributed by atoms with Gasteiger partial charge in [-0.1, -0.05) is 41.5 Å². The van der Waals surface area contributed by atoms with Crippen LogP contribution in [0.1, 0.15) is 5.56 Å². The van der Waals surface area contributed by atoms with Crippen LogP contribution in [0.25, 0.3) is 0 Å². The molecule has 1 aliphatic rings. The molecule has 0 spiro atoms. The molecule has 1 aliphatic heterocycles. The molecule has 1 N–H and O–H groups in total. The van der Waals surface area contributed by atoms with Gasteiger partial charge in [0.1, 0.15) is 0 Å². The molecule has 1 atom stereocenters. The summed E-state index contributed by atoms with van der Waals surface area (Å²) in [6, 6.07) is 24.0. The van der Waals surface area contributed by atoms with Crippen LogP contribution in [0.2, 0.25) is 0 Å². The van der Waals surface area contributed by atoms with Gasteiger partial charge >= 0.3 is 0 Å². The Morgan fingerprint density at radius 2 is 1.50 bits per heavy atom. The van der Waals surface area contributed by atoms with Crippen molar-refractivity contribution in [3.05, 3.63) is 84.6 Å². The number of nitrogens with zero attached hydrogens (tertiary/aromatic N) is 4. The second-order valence-corrected chi connectivity index (χ2v) is 4.99. The van der Waals surface area contributed by atoms with Crippen LogP contribution in [0.5, 0.6) is 0 Å². The number of aromatic nitrogens is 1. The summed E-state index contributed by atoms with van der Waals surface area (Å²) in [5.41, 5.74) is 1.97. The van der Waals surface area contributed by atoms with Gasteiger partial charge in [0.15, 0.2) is 5.69 Å². The van der Waals surface area contributed by atoms with Gasteiger partial charge in [-0.3, -0.25) is 0 Å². The number of hydrogen-bond acceptors (Lipinski definition) is 3. The smallest absolute Gasteiger partial charge is 0.295 e. The molecule has 2 heterocycles. The molecule has 0 saturated carbocycles. The summed E-state index contributed by atoms with van der Waals surface area (Å²) in [6.07, 6.45) is 1.88. The summed E-state index contributed by atoms with van der Waals surface area (Å²) in [6.45, 7) is 0. The number of quaternary nitrogens is 1. The van der Waals surface area contributed by atoms with Crippen LogP contribution in [0.3, 0.4) is 0 Å². The zero-order valence-corrected chi connectivity index (χ0v) is 11.8. The summed E-state index contributed by atoms with van der Waals surface area (Å²) in [5, 5.41) is 12.8. The Kier molecular flexibility index (Phi) is 2.91. The van der Waals surface area contributed by atoms with Crippen molar-refractivity contribution in [2.45, 2.75) is 0 Å². The normalized spacial score (nSPS) is 20.1. The maximum atomic E-state index is 4.47. The molecule has 1 aromatic heterocycles. The van der Waals surface area contributed by atoms with Crippen molar-refractivity contribution in [3.63, 3.8) is 0 Å². The predicted octanol–water partition coefficient (Wildman–Crippen LogP) is 4.40. The first-order chi connectivity index (χ1) is 10.9. The summed E-state index contributed by atoms with van der Waals surface area (Å²) >= 11 is 0. The fourth-order valence-corrected chi connectivity index (χ4v) is 2.70. The first-order valence-electron chi connectivity index (χ1n) is 7.06. The van der Waals surface area contributed by atoms with E-state index < -0.39 is 0 Å². The topological polar surface area (TPSA) is 52.9 Å². The fraction of sp³-hybridized carbons (Fsp3) is 0. The first kappa shape index (κ1) is 12.7. The summed E-state index contributed by atoms with van der Waals surface area (Å²) in [4.78, 5) is 3.26. The Bertz CT molecular complexity index is 822. The van der Waals surface area contributed by atoms with Gasteiger partial charge in [0.05, 0.1) is 10.8 Å². The zero-order valence-electron chi connectivity index (χ0n) is 11.8. The lowest BCUT2D eigenvalue weighted by Crippen LogP contribution is -2.43. The van der Waals surface area contributed by atoms with E-state index in [-0.39, 0.29) is 4.59 Å². The maximum absolute atomic E-state index is 4.47. The number of H-pyrrole nitrogens is 1. The predicted molar refractivity (Wildman–Crippen MR) is 86.5 cm³/mol. The second kappa shape index (κ2) is 5.05. The van der Waals surface area contributed by atoms with Gasteiger partial charge in [-0.2, -0.15) is 0 Å². The third kappa shape index (κ3) is 1.80. The molecule has 2 aromatic carbocycles. The third-order valence-corrected chi connectivity index (χ3v) is 3.71. The van der Waals surface area contributed by atoms with Crippen LogP contribution in [-0.4, -0.2) is 10.8 Å². The molecule has 0 bridgehead atoms. The van der Waals surface area contributed by atoms with E-state index >= 15 is 0 Å². The highest BCUT2D eigenvalue weighted by molar-refractivity contribution is 6.09. The molecule has 5 nitrogen and oxygen atoms in total. The van der Waals surface area contributed by atoms with Crippen LogP contribution < -0.4 is 4.59 Å². The lowest BCUT2D eigenvalue weighted by atomic mass is 10.1. The van der Waals surface area contributed by atoms with Crippen molar-refractivity contribution in [2.24, 2.45) is 15.5 Å². The minimum absolute atomic E-state index is 0.109. The Labute approximate surface area is 127 Å². The number of amidine groups is 1. The molecule has 1 unspecified atom stereocenters. The van der Waals surface area contributed by atoms with E-state index in [1.807, 2.05) is 79.0 Å². The van der Waals surface area contributed by atoms with Crippen molar-refractivity contribution in [2.75, 3.05) is 0 Å². The SMILES string of the molecule is c1ccc(C2=NN=N[N+]2(c2ccccc2)c2ccc[nH]2)cc1. The first-order valence-corrected chi connectivity index (χ1v) is 7.06. The second-order valence-electron chi connectivity index (χ2n) is 4.99. The highest BCUT2D eigenvalue weighted by Gasteiger charge is 2.46. The zero-order chi connectivity index (χ0) is 14.8. The number of rotatable bonds is 3. The van der Waals surface area contributed by atoms with Crippen molar-refractivity contribution in [3.8, 4) is 0 Å². The number of para-hydroxylation sites is 1. The number of benzene rings is 2. The maximum Gasteiger partial charge on any atom is 0.295 e. The monoisotopic (exact) mass is 288 g/mol. The molecule has 106 valence electrons. The molecule has 0 amide bonds. The van der Waals surface area contributed by atoms with Gasteiger partial charge in [0.25, 0.3) is 5.84 Å². The lowest BCUT2D eigenvalue weighted by molar-refractivity contribution is 0.563. The van der Waals surface area contributed by atoms with Gasteiger partial charge in [-0.15, -0.1) is 0 Å². The van der Waals surface area contributed by atoms with E-state index in [0.717, 1.165) is 22.9 Å². The number of aromatic amines is 1. The van der Waals surface area contributed by atoms with E-state index in [0.29, 0.717) is 0 Å². The van der Waals surface area contributed by atoms with Gasteiger partial charge < -0.3 is 4.98 Å². The van der Waals surface area contributed by atoms with Crippen LogP contribution in [0, 0.1) is 0 Å². The van der Waals surface area contributed by atoms with E-state index in [9.17, 15) is 0 Å². The fourth-order valence-electron chi connectivity index (χ4n) is 2.70. The molecule has 0 radical (unpaired) electrons. The number of hydrogen-bond donors (Lipinski definition) is 1. The van der Waals surface area contributed by atoms with E-state index in [4.69, 9.17) is 0 Å². The lowest BCUT2D eigenvalue weighted by Gasteiger charge is -2.24. The summed E-state index contributed by atoms with van der Waals surface area (Å²) in [5.74, 6) is 1.67. The molecule has 22 heavy (non-hydrogen) atoms. The van der Waals surface area contributed by atoms with Crippen LogP contribution >= 0.6 is 0 Å². The highest BCUT2D eigenvalue weighted by atomic mass is 15.8. The Morgan fingerprint density at radius 3 is 2.18 bits per heavy atom. The van der Waals surface area contributed by atoms with Crippen molar-refractivity contribution < 1.29 is 0 Å². The van der Waals surface area contributed by atoms with Gasteiger partial charge in [0.2, 0.25) is 5.82 Å². The third-order valence-electron chi connectivity index (χ3n) is 3.71. The standard InChI is InChI=1S/C17H14N5/c1-3-8-14(9-4-1)17-19-20-21-22(17,16-12-7-13-18-16)15-10-5-2-6-11-15/h1-13,18H/q+1. The van der Waals surface area contributed by atoms with Gasteiger partial charge in [-0.05, 0) is 22.8 Å². The highest BCUT2D eigenvalue weighted by Crippen LogP contribution is 2.39. The quantitative estimate of drug-likeness (QED) is 0.695. The van der Waals surface area contributed by atoms with Gasteiger partial charge in [0, 0.05) is 29.6 Å². The summed E-state index contributed by atoms with van der Waals surface area (Å²) < 4.78 is 0.109. The van der Waals surface area contributed by atoms with E-state index in [1.54, 1.807) is 0 Å². The summed E-state index contributed by atoms with van der Waals surface area (Å²) in [7, 11) is 0. The van der Waals surface area contributed by atoms with Gasteiger partial charge in [-0.25, -0.2) is 0 Å². The van der Waals surface area contributed by atoms with Crippen molar-refractivity contribution in [1.29, 1.82) is 0 Å². The molecule has 4 rings (SSSR count). The molecular formula is C17H14N5+. The van der Waals surface area contributed by atoms with E-state index in [2.05, 4.69) is 20.5 Å². The van der Waals surface area contributed by atoms with Crippen molar-refractivity contribution in [1.82, 2.24) is 9.58 Å². The molecule has 3 aromatic rings.